The molecule has 0 bridgehead atoms. The van der Waals surface area contributed by atoms with Crippen LogP contribution >= 0.6 is 0 Å². The number of rotatable bonds is 6. The molecular weight excluding hydrogens is 404 g/mol. The fraction of sp³-hybridized carbons (Fsp3) is 0.0435. The van der Waals surface area contributed by atoms with E-state index in [1.807, 2.05) is 0 Å². The molecule has 6 nitrogen and oxygen atoms in total. The molecule has 0 amide bonds. The van der Waals surface area contributed by atoms with E-state index < -0.39 is 24.2 Å². The van der Waals surface area contributed by atoms with Crippen LogP contribution in [-0.4, -0.2) is 33.4 Å². The van der Waals surface area contributed by atoms with Crippen molar-refractivity contribution in [2.24, 2.45) is 0 Å². The minimum absolute atomic E-state index is 0.231. The lowest BCUT2D eigenvalue weighted by Gasteiger charge is -2.08. The van der Waals surface area contributed by atoms with Gasteiger partial charge in [-0.05, 0) is 60.7 Å². The third kappa shape index (κ3) is 4.37. The molecular formula is C23H15F2N3O3. The molecule has 0 N–H and O–H groups in total. The van der Waals surface area contributed by atoms with Crippen molar-refractivity contribution >= 4 is 11.8 Å². The molecule has 0 aliphatic heterocycles. The fourth-order valence-electron chi connectivity index (χ4n) is 2.95. The van der Waals surface area contributed by atoms with Gasteiger partial charge in [-0.15, -0.1) is 5.10 Å². The zero-order valence-electron chi connectivity index (χ0n) is 16.0. The SMILES string of the molecule is O=C(COC(=O)c1ccccc1F)c1ccc(-n2nncc2-c2ccc(F)cc2)cc1. The normalized spacial score (nSPS) is 10.6. The number of ketones is 1. The van der Waals surface area contributed by atoms with E-state index in [9.17, 15) is 18.4 Å². The van der Waals surface area contributed by atoms with E-state index in [1.54, 1.807) is 47.3 Å². The summed E-state index contributed by atoms with van der Waals surface area (Å²) in [5, 5.41) is 7.95. The fourth-order valence-corrected chi connectivity index (χ4v) is 2.95. The molecule has 154 valence electrons. The molecule has 31 heavy (non-hydrogen) atoms. The highest BCUT2D eigenvalue weighted by Gasteiger charge is 2.16. The second kappa shape index (κ2) is 8.66. The van der Waals surface area contributed by atoms with Gasteiger partial charge in [0.2, 0.25) is 0 Å². The van der Waals surface area contributed by atoms with Crippen LogP contribution in [0.3, 0.4) is 0 Å². The lowest BCUT2D eigenvalue weighted by Crippen LogP contribution is -2.15. The Morgan fingerprint density at radius 1 is 0.903 bits per heavy atom. The highest BCUT2D eigenvalue weighted by molar-refractivity contribution is 5.99. The lowest BCUT2D eigenvalue weighted by atomic mass is 10.1. The number of benzene rings is 3. The van der Waals surface area contributed by atoms with Gasteiger partial charge in [0.1, 0.15) is 11.6 Å². The molecule has 1 aromatic heterocycles. The number of hydrogen-bond donors (Lipinski definition) is 0. The van der Waals surface area contributed by atoms with Gasteiger partial charge in [-0.3, -0.25) is 4.79 Å². The van der Waals surface area contributed by atoms with Gasteiger partial charge in [0.25, 0.3) is 0 Å². The van der Waals surface area contributed by atoms with Crippen molar-refractivity contribution in [1.29, 1.82) is 0 Å². The van der Waals surface area contributed by atoms with Crippen LogP contribution in [-0.2, 0) is 4.74 Å². The number of aromatic nitrogens is 3. The summed E-state index contributed by atoms with van der Waals surface area (Å²) in [5.74, 6) is -2.40. The van der Waals surface area contributed by atoms with E-state index >= 15 is 0 Å². The van der Waals surface area contributed by atoms with Gasteiger partial charge in [-0.25, -0.2) is 18.3 Å². The highest BCUT2D eigenvalue weighted by atomic mass is 19.1. The van der Waals surface area contributed by atoms with Crippen LogP contribution in [0.5, 0.6) is 0 Å². The topological polar surface area (TPSA) is 74.1 Å². The standard InChI is InChI=1S/C23H15F2N3O3/c24-17-9-5-15(6-10-17)21-13-26-27-28(21)18-11-7-16(8-12-18)22(29)14-31-23(30)19-3-1-2-4-20(19)25/h1-13H,14H2. The molecule has 0 radical (unpaired) electrons. The Balaban J connectivity index is 1.46. The molecule has 1 heterocycles. The average molecular weight is 419 g/mol. The molecule has 0 atom stereocenters. The van der Waals surface area contributed by atoms with Gasteiger partial charge in [-0.2, -0.15) is 0 Å². The molecule has 3 aromatic carbocycles. The summed E-state index contributed by atoms with van der Waals surface area (Å²) in [7, 11) is 0. The maximum Gasteiger partial charge on any atom is 0.341 e. The molecule has 0 unspecified atom stereocenters. The van der Waals surface area contributed by atoms with Crippen molar-refractivity contribution in [2.75, 3.05) is 6.61 Å². The molecule has 4 rings (SSSR count). The predicted molar refractivity (Wildman–Crippen MR) is 108 cm³/mol. The third-order valence-corrected chi connectivity index (χ3v) is 4.55. The van der Waals surface area contributed by atoms with Crippen LogP contribution in [0.1, 0.15) is 20.7 Å². The summed E-state index contributed by atoms with van der Waals surface area (Å²) in [6, 6.07) is 17.7. The zero-order chi connectivity index (χ0) is 21.8. The molecule has 8 heteroatoms. The summed E-state index contributed by atoms with van der Waals surface area (Å²) < 4.78 is 33.3. The first-order valence-electron chi connectivity index (χ1n) is 9.25. The Kier molecular flexibility index (Phi) is 5.61. The highest BCUT2D eigenvalue weighted by Crippen LogP contribution is 2.22. The molecule has 0 fully saturated rings. The first-order chi connectivity index (χ1) is 15.0. The van der Waals surface area contributed by atoms with Crippen molar-refractivity contribution < 1.29 is 23.1 Å². The minimum atomic E-state index is -0.908. The van der Waals surface area contributed by atoms with Crippen molar-refractivity contribution in [3.8, 4) is 16.9 Å². The van der Waals surface area contributed by atoms with E-state index in [0.717, 1.165) is 11.6 Å². The van der Waals surface area contributed by atoms with Gasteiger partial charge in [-0.1, -0.05) is 17.3 Å². The number of hydrogen-bond acceptors (Lipinski definition) is 5. The Morgan fingerprint density at radius 3 is 2.32 bits per heavy atom. The van der Waals surface area contributed by atoms with E-state index in [-0.39, 0.29) is 11.4 Å². The van der Waals surface area contributed by atoms with E-state index in [4.69, 9.17) is 4.74 Å². The average Bonchev–Trinajstić information content (AvgIpc) is 3.28. The third-order valence-electron chi connectivity index (χ3n) is 4.55. The quantitative estimate of drug-likeness (QED) is 0.345. The first kappa shape index (κ1) is 20.1. The summed E-state index contributed by atoms with van der Waals surface area (Å²) in [5.41, 5.74) is 2.10. The van der Waals surface area contributed by atoms with Crippen LogP contribution in [0.25, 0.3) is 16.9 Å². The van der Waals surface area contributed by atoms with Gasteiger partial charge >= 0.3 is 5.97 Å². The Hall–Kier alpha value is -4.20. The van der Waals surface area contributed by atoms with Crippen molar-refractivity contribution in [3.05, 3.63) is 102 Å². The van der Waals surface area contributed by atoms with Crippen LogP contribution in [0.2, 0.25) is 0 Å². The number of nitrogens with zero attached hydrogens (tertiary/aromatic N) is 3. The smallest absolute Gasteiger partial charge is 0.341 e. The number of Topliss-reactive ketones (excluding diaryl/α,β-unsaturated/α-hetero) is 1. The van der Waals surface area contributed by atoms with Crippen LogP contribution in [0, 0.1) is 11.6 Å². The van der Waals surface area contributed by atoms with Crippen LogP contribution in [0.4, 0.5) is 8.78 Å². The second-order valence-corrected chi connectivity index (χ2v) is 6.56. The number of carbonyl (C=O) groups excluding carboxylic acids is 2. The zero-order valence-corrected chi connectivity index (χ0v) is 16.0. The number of esters is 1. The Morgan fingerprint density at radius 2 is 1.61 bits per heavy atom. The van der Waals surface area contributed by atoms with E-state index in [2.05, 4.69) is 10.3 Å². The van der Waals surface area contributed by atoms with Crippen molar-refractivity contribution in [2.45, 2.75) is 0 Å². The predicted octanol–water partition coefficient (Wildman–Crippen LogP) is 4.25. The second-order valence-electron chi connectivity index (χ2n) is 6.56. The Bertz CT molecular complexity index is 1240. The monoisotopic (exact) mass is 419 g/mol. The molecule has 0 aliphatic carbocycles. The summed E-state index contributed by atoms with van der Waals surface area (Å²) in [6.07, 6.45) is 1.55. The summed E-state index contributed by atoms with van der Waals surface area (Å²) >= 11 is 0. The number of halogens is 2. The van der Waals surface area contributed by atoms with Crippen LogP contribution < -0.4 is 0 Å². The molecule has 0 saturated carbocycles. The lowest BCUT2D eigenvalue weighted by molar-refractivity contribution is 0.0470. The Labute approximate surface area is 175 Å². The molecule has 0 spiro atoms. The molecule has 0 aliphatic rings. The van der Waals surface area contributed by atoms with E-state index in [0.29, 0.717) is 16.9 Å². The number of carbonyl (C=O) groups is 2. The summed E-state index contributed by atoms with van der Waals surface area (Å²) in [6.45, 7) is -0.517. The maximum absolute atomic E-state index is 13.6. The van der Waals surface area contributed by atoms with Gasteiger partial charge in [0.05, 0.1) is 23.1 Å². The van der Waals surface area contributed by atoms with Gasteiger partial charge in [0, 0.05) is 11.1 Å². The van der Waals surface area contributed by atoms with Gasteiger partial charge < -0.3 is 4.74 Å². The van der Waals surface area contributed by atoms with Crippen LogP contribution in [0.15, 0.2) is 79.0 Å². The number of ether oxygens (including phenoxy) is 1. The largest absolute Gasteiger partial charge is 0.454 e. The van der Waals surface area contributed by atoms with Gasteiger partial charge in [0.15, 0.2) is 12.4 Å². The minimum Gasteiger partial charge on any atom is -0.454 e. The van der Waals surface area contributed by atoms with Crippen molar-refractivity contribution in [3.63, 3.8) is 0 Å². The van der Waals surface area contributed by atoms with Crippen molar-refractivity contribution in [1.82, 2.24) is 15.0 Å². The summed E-state index contributed by atoms with van der Waals surface area (Å²) in [4.78, 5) is 24.3. The molecule has 0 saturated heterocycles. The molecule has 4 aromatic rings. The van der Waals surface area contributed by atoms with E-state index in [1.165, 1.54) is 30.3 Å². The first-order valence-corrected chi connectivity index (χ1v) is 9.25. The maximum atomic E-state index is 13.6.